The van der Waals surface area contributed by atoms with Crippen LogP contribution in [0.5, 0.6) is 0 Å². The lowest BCUT2D eigenvalue weighted by molar-refractivity contribution is -0.126. The zero-order valence-corrected chi connectivity index (χ0v) is 11.6. The molecule has 1 unspecified atom stereocenters. The predicted molar refractivity (Wildman–Crippen MR) is 72.0 cm³/mol. The lowest BCUT2D eigenvalue weighted by atomic mass is 10.3. The van der Waals surface area contributed by atoms with Crippen LogP contribution in [-0.4, -0.2) is 28.9 Å². The third-order valence-corrected chi connectivity index (χ3v) is 4.04. The van der Waals surface area contributed by atoms with Crippen LogP contribution < -0.4 is 0 Å². The predicted octanol–water partition coefficient (Wildman–Crippen LogP) is 3.30. The van der Waals surface area contributed by atoms with Gasteiger partial charge in [0.05, 0.1) is 5.71 Å². The Morgan fingerprint density at radius 3 is 2.35 bits per heavy atom. The lowest BCUT2D eigenvalue weighted by Crippen LogP contribution is -2.26. The van der Waals surface area contributed by atoms with Gasteiger partial charge in [-0.05, 0) is 25.1 Å². The number of amides is 1. The van der Waals surface area contributed by atoms with E-state index in [9.17, 15) is 4.79 Å². The summed E-state index contributed by atoms with van der Waals surface area (Å²) in [5.41, 5.74) is 0.790. The molecule has 1 atom stereocenters. The Kier molecular flexibility index (Phi) is 3.66. The Bertz CT molecular complexity index is 484. The number of hydrazone groups is 1. The van der Waals surface area contributed by atoms with Gasteiger partial charge in [0, 0.05) is 22.0 Å². The summed E-state index contributed by atoms with van der Waals surface area (Å²) in [6, 6.07) is 5.24. The summed E-state index contributed by atoms with van der Waals surface area (Å²) in [5.74, 6) is -0.0244. The van der Waals surface area contributed by atoms with E-state index in [-0.39, 0.29) is 11.2 Å². The molecule has 0 bridgehead atoms. The topological polar surface area (TPSA) is 32.7 Å². The molecule has 1 aliphatic heterocycles. The van der Waals surface area contributed by atoms with Crippen molar-refractivity contribution < 1.29 is 4.79 Å². The molecule has 0 fully saturated rings. The summed E-state index contributed by atoms with van der Waals surface area (Å²) in [7, 11) is 1.65. The van der Waals surface area contributed by atoms with E-state index >= 15 is 0 Å². The highest BCUT2D eigenvalue weighted by atomic mass is 35.5. The molecule has 0 aliphatic carbocycles. The second-order valence-electron chi connectivity index (χ2n) is 3.71. The second-order valence-corrected chi connectivity index (χ2v) is 5.76. The Hall–Kier alpha value is -0.710. The van der Waals surface area contributed by atoms with E-state index < -0.39 is 0 Å². The molecule has 0 saturated heterocycles. The number of thioether (sulfide) groups is 1. The number of nitrogens with zero attached hydrogens (tertiary/aromatic N) is 2. The van der Waals surface area contributed by atoms with Crippen molar-refractivity contribution in [1.82, 2.24) is 5.01 Å². The minimum absolute atomic E-state index is 0.0244. The molecule has 1 heterocycles. The monoisotopic (exact) mass is 288 g/mol. The minimum atomic E-state index is -0.283. The molecule has 1 aromatic carbocycles. The molecular formula is C11H10Cl2N2OS. The third kappa shape index (κ3) is 2.76. The van der Waals surface area contributed by atoms with Crippen molar-refractivity contribution in [2.75, 3.05) is 7.05 Å². The van der Waals surface area contributed by atoms with E-state index in [1.54, 1.807) is 25.2 Å². The fourth-order valence-electron chi connectivity index (χ4n) is 1.56. The van der Waals surface area contributed by atoms with Gasteiger partial charge in [-0.15, -0.1) is 11.8 Å². The van der Waals surface area contributed by atoms with Crippen molar-refractivity contribution in [1.29, 1.82) is 0 Å². The first-order chi connectivity index (χ1) is 7.97. The standard InChI is InChI=1S/C11H10Cl2N2OS/c1-6-10(11(16)15(2)14-6)17-9-4-7(12)3-8(13)5-9/h3-5,10H,1-2H3. The maximum atomic E-state index is 11.8. The fourth-order valence-corrected chi connectivity index (χ4v) is 3.34. The third-order valence-electron chi connectivity index (χ3n) is 2.32. The highest BCUT2D eigenvalue weighted by Gasteiger charge is 2.32. The summed E-state index contributed by atoms with van der Waals surface area (Å²) >= 11 is 13.2. The zero-order valence-electron chi connectivity index (χ0n) is 9.28. The number of benzene rings is 1. The van der Waals surface area contributed by atoms with Crippen LogP contribution in [-0.2, 0) is 4.79 Å². The SMILES string of the molecule is CC1=NN(C)C(=O)C1Sc1cc(Cl)cc(Cl)c1. The number of carbonyl (C=O) groups excluding carboxylic acids is 1. The summed E-state index contributed by atoms with van der Waals surface area (Å²) < 4.78 is 0. The molecule has 6 heteroatoms. The first-order valence-electron chi connectivity index (χ1n) is 4.93. The largest absolute Gasteiger partial charge is 0.271 e. The summed E-state index contributed by atoms with van der Waals surface area (Å²) in [6.45, 7) is 1.84. The molecule has 1 aromatic rings. The van der Waals surface area contributed by atoms with Crippen molar-refractivity contribution in [2.45, 2.75) is 17.1 Å². The summed E-state index contributed by atoms with van der Waals surface area (Å²) in [6.07, 6.45) is 0. The van der Waals surface area contributed by atoms with Crippen LogP contribution in [0.25, 0.3) is 0 Å². The van der Waals surface area contributed by atoms with Gasteiger partial charge in [0.15, 0.2) is 0 Å². The molecule has 0 saturated carbocycles. The fraction of sp³-hybridized carbons (Fsp3) is 0.273. The van der Waals surface area contributed by atoms with E-state index in [1.165, 1.54) is 16.8 Å². The first kappa shape index (κ1) is 12.7. The molecule has 90 valence electrons. The van der Waals surface area contributed by atoms with E-state index in [1.807, 2.05) is 6.92 Å². The van der Waals surface area contributed by atoms with Gasteiger partial charge in [-0.1, -0.05) is 23.2 Å². The Labute approximate surface area is 114 Å². The van der Waals surface area contributed by atoms with Crippen molar-refractivity contribution in [3.05, 3.63) is 28.2 Å². The van der Waals surface area contributed by atoms with E-state index in [2.05, 4.69) is 5.10 Å². The van der Waals surface area contributed by atoms with Crippen LogP contribution in [0, 0.1) is 0 Å². The average molecular weight is 289 g/mol. The van der Waals surface area contributed by atoms with Crippen LogP contribution in [0.15, 0.2) is 28.2 Å². The van der Waals surface area contributed by atoms with Crippen molar-refractivity contribution in [2.24, 2.45) is 5.10 Å². The van der Waals surface area contributed by atoms with Crippen LogP contribution >= 0.6 is 35.0 Å². The van der Waals surface area contributed by atoms with Gasteiger partial charge in [-0.3, -0.25) is 4.79 Å². The molecule has 1 amide bonds. The van der Waals surface area contributed by atoms with Crippen molar-refractivity contribution in [3.8, 4) is 0 Å². The number of halogens is 2. The van der Waals surface area contributed by atoms with Crippen LogP contribution in [0.2, 0.25) is 10.0 Å². The quantitative estimate of drug-likeness (QED) is 0.836. The van der Waals surface area contributed by atoms with Crippen LogP contribution in [0.3, 0.4) is 0 Å². The van der Waals surface area contributed by atoms with E-state index in [0.717, 1.165) is 10.6 Å². The molecular weight excluding hydrogens is 279 g/mol. The Morgan fingerprint density at radius 2 is 1.88 bits per heavy atom. The maximum Gasteiger partial charge on any atom is 0.261 e. The Morgan fingerprint density at radius 1 is 1.29 bits per heavy atom. The highest BCUT2D eigenvalue weighted by molar-refractivity contribution is 8.01. The molecule has 0 aromatic heterocycles. The highest BCUT2D eigenvalue weighted by Crippen LogP contribution is 2.32. The van der Waals surface area contributed by atoms with Gasteiger partial charge in [0.1, 0.15) is 5.25 Å². The number of carbonyl (C=O) groups is 1. The van der Waals surface area contributed by atoms with E-state index in [4.69, 9.17) is 23.2 Å². The summed E-state index contributed by atoms with van der Waals surface area (Å²) in [5, 5.41) is 6.31. The number of hydrogen-bond donors (Lipinski definition) is 0. The van der Waals surface area contributed by atoms with Gasteiger partial charge in [0.2, 0.25) is 0 Å². The lowest BCUT2D eigenvalue weighted by Gasteiger charge is -2.10. The van der Waals surface area contributed by atoms with Gasteiger partial charge < -0.3 is 0 Å². The maximum absolute atomic E-state index is 11.8. The zero-order chi connectivity index (χ0) is 12.6. The molecule has 1 aliphatic rings. The minimum Gasteiger partial charge on any atom is -0.271 e. The molecule has 17 heavy (non-hydrogen) atoms. The summed E-state index contributed by atoms with van der Waals surface area (Å²) in [4.78, 5) is 12.7. The van der Waals surface area contributed by atoms with Gasteiger partial charge in [0.25, 0.3) is 5.91 Å². The molecule has 0 spiro atoms. The van der Waals surface area contributed by atoms with Gasteiger partial charge in [-0.2, -0.15) is 5.10 Å². The normalized spacial score (nSPS) is 19.8. The van der Waals surface area contributed by atoms with Gasteiger partial charge in [-0.25, -0.2) is 5.01 Å². The average Bonchev–Trinajstić information content (AvgIpc) is 2.44. The second kappa shape index (κ2) is 4.88. The first-order valence-corrected chi connectivity index (χ1v) is 6.56. The number of rotatable bonds is 2. The molecule has 2 rings (SSSR count). The Balaban J connectivity index is 2.22. The van der Waals surface area contributed by atoms with Crippen molar-refractivity contribution in [3.63, 3.8) is 0 Å². The van der Waals surface area contributed by atoms with Gasteiger partial charge >= 0.3 is 0 Å². The van der Waals surface area contributed by atoms with Crippen LogP contribution in [0.4, 0.5) is 0 Å². The van der Waals surface area contributed by atoms with Crippen LogP contribution in [0.1, 0.15) is 6.92 Å². The van der Waals surface area contributed by atoms with E-state index in [0.29, 0.717) is 10.0 Å². The van der Waals surface area contributed by atoms with Crippen molar-refractivity contribution >= 4 is 46.6 Å². The molecule has 0 radical (unpaired) electrons. The number of hydrogen-bond acceptors (Lipinski definition) is 3. The molecule has 3 nitrogen and oxygen atoms in total. The molecule has 0 N–H and O–H groups in total. The smallest absolute Gasteiger partial charge is 0.261 e.